The van der Waals surface area contributed by atoms with Gasteiger partial charge < -0.3 is 11.1 Å². The lowest BCUT2D eigenvalue weighted by Crippen LogP contribution is -2.27. The molecule has 156 valence electrons. The molecule has 0 aromatic heterocycles. The Bertz CT molecular complexity index is 1210. The van der Waals surface area contributed by atoms with Crippen LogP contribution in [0.4, 0.5) is 5.69 Å². The number of amides is 1. The smallest absolute Gasteiger partial charge is 0.255 e. The van der Waals surface area contributed by atoms with Crippen molar-refractivity contribution < 1.29 is 4.79 Å². The summed E-state index contributed by atoms with van der Waals surface area (Å²) in [5, 5.41) is 5.47. The number of hydrogen-bond acceptors (Lipinski definition) is 2. The van der Waals surface area contributed by atoms with Crippen molar-refractivity contribution in [1.29, 1.82) is 0 Å². The summed E-state index contributed by atoms with van der Waals surface area (Å²) in [7, 11) is 0. The van der Waals surface area contributed by atoms with Gasteiger partial charge in [0, 0.05) is 22.7 Å². The van der Waals surface area contributed by atoms with Gasteiger partial charge in [0.2, 0.25) is 0 Å². The van der Waals surface area contributed by atoms with Gasteiger partial charge in [0.25, 0.3) is 5.91 Å². The molecule has 4 aromatic carbocycles. The van der Waals surface area contributed by atoms with Gasteiger partial charge in [-0.05, 0) is 59.0 Å². The summed E-state index contributed by atoms with van der Waals surface area (Å²) in [4.78, 5) is 12.3. The zero-order valence-electron chi connectivity index (χ0n) is 17.1. The molecule has 0 saturated heterocycles. The Morgan fingerprint density at radius 1 is 0.871 bits per heavy atom. The van der Waals surface area contributed by atoms with Crippen molar-refractivity contribution in [3.8, 4) is 0 Å². The van der Waals surface area contributed by atoms with Crippen molar-refractivity contribution in [2.24, 2.45) is 5.73 Å². The van der Waals surface area contributed by atoms with Crippen molar-refractivity contribution in [2.75, 3.05) is 5.32 Å². The van der Waals surface area contributed by atoms with Crippen molar-refractivity contribution in [3.63, 3.8) is 0 Å². The number of benzene rings is 4. The first kappa shape index (κ1) is 21.1. The van der Waals surface area contributed by atoms with Crippen LogP contribution in [-0.2, 0) is 6.42 Å². The Morgan fingerprint density at radius 2 is 1.55 bits per heavy atom. The van der Waals surface area contributed by atoms with E-state index in [-0.39, 0.29) is 23.9 Å². The molecule has 0 spiro atoms. The van der Waals surface area contributed by atoms with E-state index in [2.05, 4.69) is 59.9 Å². The number of nitrogens with one attached hydrogen (secondary N) is 1. The second-order valence-corrected chi connectivity index (χ2v) is 8.29. The zero-order valence-corrected chi connectivity index (χ0v) is 17.9. The number of rotatable bonds is 5. The van der Waals surface area contributed by atoms with Gasteiger partial charge in [0.05, 0.1) is 0 Å². The van der Waals surface area contributed by atoms with Gasteiger partial charge in [-0.25, -0.2) is 0 Å². The van der Waals surface area contributed by atoms with Crippen molar-refractivity contribution >= 4 is 34.8 Å². The Hall–Kier alpha value is -3.14. The fourth-order valence-electron chi connectivity index (χ4n) is 4.29. The minimum atomic E-state index is -0.197. The number of halogens is 1. The number of carbonyl (C=O) groups is 1. The molecule has 0 bridgehead atoms. The molecule has 0 heterocycles. The van der Waals surface area contributed by atoms with E-state index in [1.807, 2.05) is 42.5 Å². The van der Waals surface area contributed by atoms with Gasteiger partial charge in [-0.3, -0.25) is 4.79 Å². The third-order valence-corrected chi connectivity index (χ3v) is 6.07. The van der Waals surface area contributed by atoms with Gasteiger partial charge >= 0.3 is 0 Å². The highest BCUT2D eigenvalue weighted by Crippen LogP contribution is 2.51. The topological polar surface area (TPSA) is 55.1 Å². The number of carbonyl (C=O) groups excluding carboxylic acids is 1. The van der Waals surface area contributed by atoms with Crippen LogP contribution in [0.1, 0.15) is 33.8 Å². The largest absolute Gasteiger partial charge is 0.324 e. The van der Waals surface area contributed by atoms with E-state index in [1.54, 1.807) is 0 Å². The van der Waals surface area contributed by atoms with E-state index in [0.717, 1.165) is 18.5 Å². The highest BCUT2D eigenvalue weighted by atomic mass is 35.5. The van der Waals surface area contributed by atoms with E-state index in [1.165, 1.54) is 21.9 Å². The number of nitrogens with two attached hydrogens (primary N) is 1. The molecule has 1 amide bonds. The van der Waals surface area contributed by atoms with Crippen molar-refractivity contribution in [3.05, 3.63) is 114 Å². The Labute approximate surface area is 188 Å². The molecule has 1 aliphatic carbocycles. The first-order valence-corrected chi connectivity index (χ1v) is 10.3. The van der Waals surface area contributed by atoms with Crippen LogP contribution in [0, 0.1) is 0 Å². The third-order valence-electron chi connectivity index (χ3n) is 6.07. The van der Waals surface area contributed by atoms with Gasteiger partial charge in [-0.15, -0.1) is 12.4 Å². The molecule has 1 fully saturated rings. The normalized spacial score (nSPS) is 19.5. The second-order valence-electron chi connectivity index (χ2n) is 8.29. The number of anilines is 1. The Morgan fingerprint density at radius 3 is 2.29 bits per heavy atom. The molecular weight excluding hydrogens is 404 g/mol. The van der Waals surface area contributed by atoms with Gasteiger partial charge in [0.15, 0.2) is 0 Å². The minimum Gasteiger partial charge on any atom is -0.324 e. The fourth-order valence-corrected chi connectivity index (χ4v) is 4.29. The molecule has 0 radical (unpaired) electrons. The van der Waals surface area contributed by atoms with Crippen LogP contribution in [0.2, 0.25) is 0 Å². The summed E-state index contributed by atoms with van der Waals surface area (Å²) in [6, 6.07) is 32.4. The van der Waals surface area contributed by atoms with Crippen LogP contribution < -0.4 is 11.1 Å². The minimum absolute atomic E-state index is 0. The van der Waals surface area contributed by atoms with Gasteiger partial charge in [0.1, 0.15) is 0 Å². The van der Waals surface area contributed by atoms with Crippen molar-refractivity contribution in [1.82, 2.24) is 0 Å². The molecule has 5 rings (SSSR count). The summed E-state index contributed by atoms with van der Waals surface area (Å²) < 4.78 is 0. The lowest BCUT2D eigenvalue weighted by Gasteiger charge is -2.13. The molecule has 0 unspecified atom stereocenters. The summed E-state index contributed by atoms with van der Waals surface area (Å²) in [5.74, 6) is 0.252. The maximum atomic E-state index is 12.3. The molecule has 0 aliphatic heterocycles. The van der Waals surface area contributed by atoms with Gasteiger partial charge in [-0.1, -0.05) is 72.8 Å². The SMILES string of the molecule is Cl.N[C@@]1(Cc2ccc3ccccc3c2)C[C@H]1c1ccc(NC(=O)c2ccccc2)cc1. The molecule has 4 heteroatoms. The zero-order chi connectivity index (χ0) is 20.6. The molecule has 3 N–H and O–H groups in total. The number of hydrogen-bond donors (Lipinski definition) is 2. The maximum absolute atomic E-state index is 12.3. The van der Waals surface area contributed by atoms with E-state index in [0.29, 0.717) is 11.5 Å². The quantitative estimate of drug-likeness (QED) is 0.413. The molecule has 3 nitrogen and oxygen atoms in total. The lowest BCUT2D eigenvalue weighted by atomic mass is 9.97. The van der Waals surface area contributed by atoms with E-state index in [9.17, 15) is 4.79 Å². The highest BCUT2D eigenvalue weighted by Gasteiger charge is 2.51. The van der Waals surface area contributed by atoms with Crippen LogP contribution in [0.3, 0.4) is 0 Å². The summed E-state index contributed by atoms with van der Waals surface area (Å²) in [6.45, 7) is 0. The van der Waals surface area contributed by atoms with Crippen LogP contribution in [0.15, 0.2) is 97.1 Å². The van der Waals surface area contributed by atoms with E-state index < -0.39 is 0 Å². The average Bonchev–Trinajstić information content (AvgIpc) is 3.45. The standard InChI is InChI=1S/C27H24N2O.ClH/c28-27(17-19-10-11-20-6-4-5-9-23(20)16-19)18-25(27)21-12-14-24(15-13-21)29-26(30)22-7-2-1-3-8-22;/h1-16,25H,17-18,28H2,(H,29,30);1H/t25-,27-;/m0./s1. The molecule has 31 heavy (non-hydrogen) atoms. The first-order chi connectivity index (χ1) is 14.6. The monoisotopic (exact) mass is 428 g/mol. The fraction of sp³-hybridized carbons (Fsp3) is 0.148. The van der Waals surface area contributed by atoms with Crippen molar-refractivity contribution in [2.45, 2.75) is 24.3 Å². The molecule has 1 aliphatic rings. The van der Waals surface area contributed by atoms with Crippen LogP contribution in [0.25, 0.3) is 10.8 Å². The van der Waals surface area contributed by atoms with Crippen LogP contribution in [0.5, 0.6) is 0 Å². The predicted octanol–water partition coefficient (Wildman–Crippen LogP) is 5.94. The predicted molar refractivity (Wildman–Crippen MR) is 130 cm³/mol. The summed E-state index contributed by atoms with van der Waals surface area (Å²) in [6.07, 6.45) is 1.85. The second kappa shape index (κ2) is 8.54. The van der Waals surface area contributed by atoms with Gasteiger partial charge in [-0.2, -0.15) is 0 Å². The van der Waals surface area contributed by atoms with E-state index in [4.69, 9.17) is 5.73 Å². The summed E-state index contributed by atoms with van der Waals surface area (Å²) >= 11 is 0. The van der Waals surface area contributed by atoms with Crippen LogP contribution >= 0.6 is 12.4 Å². The number of fused-ring (bicyclic) bond motifs is 1. The van der Waals surface area contributed by atoms with E-state index >= 15 is 0 Å². The third kappa shape index (κ3) is 4.48. The Balaban J connectivity index is 0.00000231. The molecule has 4 aromatic rings. The lowest BCUT2D eigenvalue weighted by molar-refractivity contribution is 0.102. The summed E-state index contributed by atoms with van der Waals surface area (Å²) in [5.41, 5.74) is 10.5. The van der Waals surface area contributed by atoms with Crippen LogP contribution in [-0.4, -0.2) is 11.4 Å². The Kier molecular flexibility index (Phi) is 5.81. The molecular formula is C27H25ClN2O. The molecule has 1 saturated carbocycles. The first-order valence-electron chi connectivity index (χ1n) is 10.3. The average molecular weight is 429 g/mol. The highest BCUT2D eigenvalue weighted by molar-refractivity contribution is 6.04. The molecule has 2 atom stereocenters. The maximum Gasteiger partial charge on any atom is 0.255 e.